The number of carbonyl (C=O) groups excluding carboxylic acids is 1. The third-order valence-corrected chi connectivity index (χ3v) is 5.42. The van der Waals surface area contributed by atoms with E-state index >= 15 is 0 Å². The number of nitrogens with zero attached hydrogens (tertiary/aromatic N) is 2. The van der Waals surface area contributed by atoms with Crippen LogP contribution in [0.25, 0.3) is 11.0 Å². The maximum Gasteiger partial charge on any atom is 0.230 e. The van der Waals surface area contributed by atoms with E-state index < -0.39 is 0 Å². The minimum Gasteiger partial charge on any atom is -0.493 e. The number of hydrogen-bond acceptors (Lipinski definition) is 5. The molecule has 0 saturated carbocycles. The zero-order valence-corrected chi connectivity index (χ0v) is 17.5. The van der Waals surface area contributed by atoms with Crippen LogP contribution < -0.4 is 14.8 Å². The van der Waals surface area contributed by atoms with E-state index in [0.29, 0.717) is 36.8 Å². The van der Waals surface area contributed by atoms with Crippen LogP contribution in [0.1, 0.15) is 5.56 Å². The predicted molar refractivity (Wildman–Crippen MR) is 117 cm³/mol. The number of carbonyl (C=O) groups is 1. The van der Waals surface area contributed by atoms with E-state index in [-0.39, 0.29) is 5.91 Å². The van der Waals surface area contributed by atoms with Gasteiger partial charge in [0.15, 0.2) is 16.7 Å². The molecule has 0 spiro atoms. The maximum atomic E-state index is 12.3. The van der Waals surface area contributed by atoms with E-state index in [1.54, 1.807) is 14.2 Å². The van der Waals surface area contributed by atoms with Crippen molar-refractivity contribution in [2.45, 2.75) is 18.1 Å². The second-order valence-corrected chi connectivity index (χ2v) is 7.30. The van der Waals surface area contributed by atoms with Gasteiger partial charge in [-0.3, -0.25) is 4.79 Å². The van der Waals surface area contributed by atoms with Gasteiger partial charge in [-0.05, 0) is 36.2 Å². The van der Waals surface area contributed by atoms with Crippen LogP contribution >= 0.6 is 11.8 Å². The lowest BCUT2D eigenvalue weighted by Crippen LogP contribution is -2.27. The topological polar surface area (TPSA) is 65.4 Å². The Balaban J connectivity index is 1.54. The molecule has 29 heavy (non-hydrogen) atoms. The second kappa shape index (κ2) is 10.0. The Morgan fingerprint density at radius 2 is 2.00 bits per heavy atom. The van der Waals surface area contributed by atoms with Crippen molar-refractivity contribution in [2.75, 3.05) is 26.5 Å². The molecule has 3 aromatic rings. The molecule has 1 heterocycles. The first-order valence-electron chi connectivity index (χ1n) is 9.32. The molecular weight excluding hydrogens is 386 g/mol. The molecule has 0 aliphatic carbocycles. The number of thioether (sulfide) groups is 1. The number of fused-ring (bicyclic) bond motifs is 1. The van der Waals surface area contributed by atoms with Crippen LogP contribution in [0.4, 0.5) is 0 Å². The Morgan fingerprint density at radius 3 is 2.76 bits per heavy atom. The molecule has 1 N–H and O–H groups in total. The lowest BCUT2D eigenvalue weighted by molar-refractivity contribution is -0.118. The molecule has 0 aliphatic rings. The fourth-order valence-electron chi connectivity index (χ4n) is 3.03. The summed E-state index contributed by atoms with van der Waals surface area (Å²) in [6.07, 6.45) is 2.55. The molecular formula is C22H25N3O3S. The number of allylic oxidation sites excluding steroid dienone is 1. The first-order chi connectivity index (χ1) is 14.2. The van der Waals surface area contributed by atoms with Crippen molar-refractivity contribution < 1.29 is 14.3 Å². The Kier molecular flexibility index (Phi) is 7.19. The summed E-state index contributed by atoms with van der Waals surface area (Å²) in [7, 11) is 3.22. The Hall–Kier alpha value is -2.93. The molecule has 0 atom stereocenters. The Morgan fingerprint density at radius 1 is 1.21 bits per heavy atom. The standard InChI is InChI=1S/C22H25N3O3S/c1-4-13-25-18-8-6-5-7-17(18)24-22(25)29-15-21(26)23-12-11-16-9-10-19(27-2)20(14-16)28-3/h4-10,14H,1,11-13,15H2,2-3H3,(H,23,26). The summed E-state index contributed by atoms with van der Waals surface area (Å²) in [4.78, 5) is 16.9. The number of rotatable bonds is 10. The molecule has 1 amide bonds. The van der Waals surface area contributed by atoms with Gasteiger partial charge in [-0.25, -0.2) is 4.98 Å². The number of amides is 1. The molecule has 3 rings (SSSR count). The first kappa shape index (κ1) is 20.8. The monoisotopic (exact) mass is 411 g/mol. The number of aromatic nitrogens is 2. The second-order valence-electron chi connectivity index (χ2n) is 6.36. The molecule has 2 aromatic carbocycles. The van der Waals surface area contributed by atoms with Crippen LogP contribution in [0.5, 0.6) is 11.5 Å². The highest BCUT2D eigenvalue weighted by molar-refractivity contribution is 7.99. The average molecular weight is 412 g/mol. The largest absolute Gasteiger partial charge is 0.493 e. The van der Waals surface area contributed by atoms with E-state index in [1.165, 1.54) is 11.8 Å². The van der Waals surface area contributed by atoms with Crippen LogP contribution in [0.3, 0.4) is 0 Å². The summed E-state index contributed by atoms with van der Waals surface area (Å²) in [5.74, 6) is 1.67. The smallest absolute Gasteiger partial charge is 0.230 e. The van der Waals surface area contributed by atoms with Gasteiger partial charge in [-0.15, -0.1) is 6.58 Å². The van der Waals surface area contributed by atoms with Crippen molar-refractivity contribution >= 4 is 28.7 Å². The first-order valence-corrected chi connectivity index (χ1v) is 10.3. The van der Waals surface area contributed by atoms with Gasteiger partial charge in [0.1, 0.15) is 0 Å². The molecule has 0 unspecified atom stereocenters. The molecule has 0 radical (unpaired) electrons. The van der Waals surface area contributed by atoms with Gasteiger partial charge < -0.3 is 19.4 Å². The van der Waals surface area contributed by atoms with Crippen LogP contribution in [-0.4, -0.2) is 42.0 Å². The summed E-state index contributed by atoms with van der Waals surface area (Å²) in [6.45, 7) is 5.03. The van der Waals surface area contributed by atoms with Gasteiger partial charge in [0, 0.05) is 13.1 Å². The summed E-state index contributed by atoms with van der Waals surface area (Å²) in [5, 5.41) is 3.78. The number of ether oxygens (including phenoxy) is 2. The van der Waals surface area contributed by atoms with E-state index in [2.05, 4.69) is 21.4 Å². The van der Waals surface area contributed by atoms with Gasteiger partial charge in [0.05, 0.1) is 31.0 Å². The van der Waals surface area contributed by atoms with E-state index in [0.717, 1.165) is 21.8 Å². The van der Waals surface area contributed by atoms with Crippen LogP contribution in [-0.2, 0) is 17.8 Å². The highest BCUT2D eigenvalue weighted by Crippen LogP contribution is 2.27. The summed E-state index contributed by atoms with van der Waals surface area (Å²) in [5.41, 5.74) is 3.04. The van der Waals surface area contributed by atoms with Crippen LogP contribution in [0.15, 0.2) is 60.3 Å². The number of para-hydroxylation sites is 2. The van der Waals surface area contributed by atoms with Gasteiger partial charge in [-0.1, -0.05) is 36.0 Å². The average Bonchev–Trinajstić information content (AvgIpc) is 3.10. The van der Waals surface area contributed by atoms with Gasteiger partial charge in [0.25, 0.3) is 0 Å². The molecule has 6 nitrogen and oxygen atoms in total. The van der Waals surface area contributed by atoms with Crippen LogP contribution in [0, 0.1) is 0 Å². The summed E-state index contributed by atoms with van der Waals surface area (Å²) >= 11 is 1.43. The van der Waals surface area contributed by atoms with Crippen molar-refractivity contribution in [3.05, 3.63) is 60.7 Å². The molecule has 0 bridgehead atoms. The highest BCUT2D eigenvalue weighted by Gasteiger charge is 2.12. The number of nitrogens with one attached hydrogen (secondary N) is 1. The minimum atomic E-state index is -0.0207. The van der Waals surface area contributed by atoms with Crippen molar-refractivity contribution in [2.24, 2.45) is 0 Å². The van der Waals surface area contributed by atoms with E-state index in [1.807, 2.05) is 48.5 Å². The lowest BCUT2D eigenvalue weighted by Gasteiger charge is -2.10. The summed E-state index contributed by atoms with van der Waals surface area (Å²) in [6, 6.07) is 13.7. The van der Waals surface area contributed by atoms with Crippen molar-refractivity contribution in [3.8, 4) is 11.5 Å². The van der Waals surface area contributed by atoms with E-state index in [9.17, 15) is 4.79 Å². The third kappa shape index (κ3) is 5.12. The maximum absolute atomic E-state index is 12.3. The van der Waals surface area contributed by atoms with Crippen molar-refractivity contribution in [1.82, 2.24) is 14.9 Å². The molecule has 0 fully saturated rings. The number of methoxy groups -OCH3 is 2. The van der Waals surface area contributed by atoms with Gasteiger partial charge in [-0.2, -0.15) is 0 Å². The SMILES string of the molecule is C=CCn1c(SCC(=O)NCCc2ccc(OC)c(OC)c2)nc2ccccc21. The summed E-state index contributed by atoms with van der Waals surface area (Å²) < 4.78 is 12.6. The molecule has 0 aliphatic heterocycles. The molecule has 7 heteroatoms. The third-order valence-electron chi connectivity index (χ3n) is 4.45. The van der Waals surface area contributed by atoms with Crippen molar-refractivity contribution in [1.29, 1.82) is 0 Å². The quantitative estimate of drug-likeness (QED) is 0.407. The van der Waals surface area contributed by atoms with Crippen molar-refractivity contribution in [3.63, 3.8) is 0 Å². The fraction of sp³-hybridized carbons (Fsp3) is 0.273. The number of benzene rings is 2. The normalized spacial score (nSPS) is 10.7. The van der Waals surface area contributed by atoms with E-state index in [4.69, 9.17) is 9.47 Å². The number of hydrogen-bond donors (Lipinski definition) is 1. The van der Waals surface area contributed by atoms with Gasteiger partial charge >= 0.3 is 0 Å². The molecule has 1 aromatic heterocycles. The minimum absolute atomic E-state index is 0.0207. The predicted octanol–water partition coefficient (Wildman–Crippen LogP) is 3.69. The van der Waals surface area contributed by atoms with Crippen LogP contribution in [0.2, 0.25) is 0 Å². The number of imidazole rings is 1. The van der Waals surface area contributed by atoms with Gasteiger partial charge in [0.2, 0.25) is 5.91 Å². The lowest BCUT2D eigenvalue weighted by atomic mass is 10.1. The highest BCUT2D eigenvalue weighted by atomic mass is 32.2. The molecule has 152 valence electrons. The zero-order valence-electron chi connectivity index (χ0n) is 16.7. The Bertz CT molecular complexity index is 1000. The Labute approximate surface area is 174 Å². The fourth-order valence-corrected chi connectivity index (χ4v) is 3.89. The zero-order chi connectivity index (χ0) is 20.6. The molecule has 0 saturated heterocycles.